The lowest BCUT2D eigenvalue weighted by Crippen LogP contribution is -2.21. The van der Waals surface area contributed by atoms with Gasteiger partial charge in [-0.15, -0.1) is 11.3 Å². The zero-order valence-electron chi connectivity index (χ0n) is 10.7. The molecule has 0 unspecified atom stereocenters. The Kier molecular flexibility index (Phi) is 4.15. The van der Waals surface area contributed by atoms with Gasteiger partial charge in [-0.25, -0.2) is 4.98 Å². The van der Waals surface area contributed by atoms with E-state index in [-0.39, 0.29) is 5.91 Å². The first-order valence-electron chi connectivity index (χ1n) is 5.93. The lowest BCUT2D eigenvalue weighted by atomic mass is 10.3. The fourth-order valence-corrected chi connectivity index (χ4v) is 2.48. The van der Waals surface area contributed by atoms with Crippen molar-refractivity contribution in [3.05, 3.63) is 29.9 Å². The normalized spacial score (nSPS) is 10.6. The number of carbonyl (C=O) groups is 1. The quantitative estimate of drug-likeness (QED) is 0.831. The molecular weight excluding hydrogens is 246 g/mol. The second kappa shape index (κ2) is 5.82. The van der Waals surface area contributed by atoms with Crippen LogP contribution in [0, 0.1) is 0 Å². The molecule has 2 aromatic heterocycles. The van der Waals surface area contributed by atoms with Crippen molar-refractivity contribution in [2.24, 2.45) is 0 Å². The summed E-state index contributed by atoms with van der Waals surface area (Å²) in [5.74, 6) is 1.16. The highest BCUT2D eigenvalue weighted by Crippen LogP contribution is 2.23. The Morgan fingerprint density at radius 1 is 1.50 bits per heavy atom. The van der Waals surface area contributed by atoms with Crippen LogP contribution in [-0.4, -0.2) is 34.5 Å². The Balaban J connectivity index is 1.95. The van der Waals surface area contributed by atoms with E-state index >= 15 is 0 Å². The van der Waals surface area contributed by atoms with E-state index in [4.69, 9.17) is 0 Å². The highest BCUT2D eigenvalue weighted by molar-refractivity contribution is 7.13. The number of imidazole rings is 1. The van der Waals surface area contributed by atoms with Crippen LogP contribution in [0.15, 0.2) is 29.9 Å². The maximum absolute atomic E-state index is 11.5. The van der Waals surface area contributed by atoms with Gasteiger partial charge in [-0.1, -0.05) is 6.07 Å². The molecule has 0 radical (unpaired) electrons. The number of hydrogen-bond acceptors (Lipinski definition) is 3. The van der Waals surface area contributed by atoms with E-state index in [0.29, 0.717) is 6.42 Å². The number of nitrogens with zero attached hydrogens (tertiary/aromatic N) is 3. The molecule has 0 N–H and O–H groups in total. The number of rotatable bonds is 5. The minimum atomic E-state index is 0.174. The van der Waals surface area contributed by atoms with Crippen molar-refractivity contribution in [1.29, 1.82) is 0 Å². The Bertz CT molecular complexity index is 502. The number of hydrogen-bond donors (Lipinski definition) is 0. The molecule has 0 atom stereocenters. The molecule has 0 fully saturated rings. The zero-order valence-corrected chi connectivity index (χ0v) is 11.5. The Labute approximate surface area is 111 Å². The van der Waals surface area contributed by atoms with Crippen LogP contribution < -0.4 is 0 Å². The third-order valence-electron chi connectivity index (χ3n) is 2.75. The first kappa shape index (κ1) is 12.8. The maximum atomic E-state index is 11.5. The summed E-state index contributed by atoms with van der Waals surface area (Å²) in [5.41, 5.74) is 0. The summed E-state index contributed by atoms with van der Waals surface area (Å²) in [6.07, 6.45) is 5.19. The fourth-order valence-electron chi connectivity index (χ4n) is 1.74. The van der Waals surface area contributed by atoms with E-state index < -0.39 is 0 Å². The third kappa shape index (κ3) is 2.98. The number of thiophene rings is 1. The summed E-state index contributed by atoms with van der Waals surface area (Å²) in [6.45, 7) is 0.826. The first-order valence-corrected chi connectivity index (χ1v) is 6.81. The molecule has 2 aromatic rings. The Hall–Kier alpha value is -1.62. The van der Waals surface area contributed by atoms with Crippen LogP contribution in [0.2, 0.25) is 0 Å². The summed E-state index contributed by atoms with van der Waals surface area (Å²) >= 11 is 1.68. The second-order valence-electron chi connectivity index (χ2n) is 4.31. The van der Waals surface area contributed by atoms with Crippen molar-refractivity contribution in [2.45, 2.75) is 19.4 Å². The van der Waals surface area contributed by atoms with E-state index in [1.54, 1.807) is 30.3 Å². The molecule has 0 spiro atoms. The smallest absolute Gasteiger partial charge is 0.222 e. The van der Waals surface area contributed by atoms with Crippen LogP contribution in [-0.2, 0) is 11.3 Å². The van der Waals surface area contributed by atoms with Gasteiger partial charge in [0, 0.05) is 39.5 Å². The summed E-state index contributed by atoms with van der Waals surface area (Å²) in [5, 5.41) is 2.05. The van der Waals surface area contributed by atoms with Crippen molar-refractivity contribution in [1.82, 2.24) is 14.5 Å². The summed E-state index contributed by atoms with van der Waals surface area (Å²) < 4.78 is 2.11. The summed E-state index contributed by atoms with van der Waals surface area (Å²) in [6, 6.07) is 4.09. The standard InChI is InChI=1S/C13H17N3OS/c1-15(2)12(17)6-3-8-16-9-7-14-13(16)11-5-4-10-18-11/h4-5,7,9-10H,3,6,8H2,1-2H3. The summed E-state index contributed by atoms with van der Waals surface area (Å²) in [7, 11) is 3.58. The second-order valence-corrected chi connectivity index (χ2v) is 5.26. The van der Waals surface area contributed by atoms with Gasteiger partial charge in [0.15, 0.2) is 0 Å². The monoisotopic (exact) mass is 263 g/mol. The van der Waals surface area contributed by atoms with E-state index in [1.165, 1.54) is 4.88 Å². The largest absolute Gasteiger partial charge is 0.349 e. The van der Waals surface area contributed by atoms with Gasteiger partial charge in [-0.3, -0.25) is 4.79 Å². The van der Waals surface area contributed by atoms with Gasteiger partial charge < -0.3 is 9.47 Å². The van der Waals surface area contributed by atoms with E-state index in [9.17, 15) is 4.79 Å². The molecule has 4 nitrogen and oxygen atoms in total. The predicted octanol–water partition coefficient (Wildman–Crippen LogP) is 2.48. The van der Waals surface area contributed by atoms with Crippen LogP contribution in [0.25, 0.3) is 10.7 Å². The van der Waals surface area contributed by atoms with Crippen LogP contribution >= 0.6 is 11.3 Å². The molecule has 0 aromatic carbocycles. The molecule has 0 bridgehead atoms. The number of amides is 1. The molecule has 2 rings (SSSR count). The molecule has 0 aliphatic rings. The number of aryl methyl sites for hydroxylation is 1. The molecular formula is C13H17N3OS. The van der Waals surface area contributed by atoms with Gasteiger partial charge in [0.2, 0.25) is 5.91 Å². The average molecular weight is 263 g/mol. The fraction of sp³-hybridized carbons (Fsp3) is 0.385. The molecule has 18 heavy (non-hydrogen) atoms. The Morgan fingerprint density at radius 2 is 2.33 bits per heavy atom. The molecule has 2 heterocycles. The average Bonchev–Trinajstić information content (AvgIpc) is 2.98. The topological polar surface area (TPSA) is 38.1 Å². The van der Waals surface area contributed by atoms with E-state index in [2.05, 4.69) is 15.6 Å². The highest BCUT2D eigenvalue weighted by Gasteiger charge is 2.08. The Morgan fingerprint density at radius 3 is 3.00 bits per heavy atom. The number of aromatic nitrogens is 2. The van der Waals surface area contributed by atoms with Crippen LogP contribution in [0.1, 0.15) is 12.8 Å². The van der Waals surface area contributed by atoms with Gasteiger partial charge in [0.1, 0.15) is 5.82 Å². The molecule has 0 aliphatic heterocycles. The van der Waals surface area contributed by atoms with E-state index in [0.717, 1.165) is 18.8 Å². The molecule has 96 valence electrons. The van der Waals surface area contributed by atoms with Gasteiger partial charge in [-0.2, -0.15) is 0 Å². The van der Waals surface area contributed by atoms with Gasteiger partial charge >= 0.3 is 0 Å². The molecule has 0 saturated carbocycles. The predicted molar refractivity (Wildman–Crippen MR) is 73.5 cm³/mol. The highest BCUT2D eigenvalue weighted by atomic mass is 32.1. The lowest BCUT2D eigenvalue weighted by molar-refractivity contribution is -0.128. The van der Waals surface area contributed by atoms with Gasteiger partial charge in [0.05, 0.1) is 4.88 Å². The molecule has 0 aliphatic carbocycles. The minimum absolute atomic E-state index is 0.174. The third-order valence-corrected chi connectivity index (χ3v) is 3.61. The van der Waals surface area contributed by atoms with Crippen molar-refractivity contribution in [3.63, 3.8) is 0 Å². The maximum Gasteiger partial charge on any atom is 0.222 e. The number of carbonyl (C=O) groups excluding carboxylic acids is 1. The van der Waals surface area contributed by atoms with Crippen molar-refractivity contribution >= 4 is 17.2 Å². The van der Waals surface area contributed by atoms with Crippen LogP contribution in [0.5, 0.6) is 0 Å². The molecule has 0 saturated heterocycles. The molecule has 1 amide bonds. The van der Waals surface area contributed by atoms with Crippen molar-refractivity contribution in [3.8, 4) is 10.7 Å². The van der Waals surface area contributed by atoms with Gasteiger partial charge in [-0.05, 0) is 17.9 Å². The zero-order chi connectivity index (χ0) is 13.0. The van der Waals surface area contributed by atoms with Crippen LogP contribution in [0.3, 0.4) is 0 Å². The van der Waals surface area contributed by atoms with Crippen molar-refractivity contribution in [2.75, 3.05) is 14.1 Å². The van der Waals surface area contributed by atoms with Gasteiger partial charge in [0.25, 0.3) is 0 Å². The van der Waals surface area contributed by atoms with Crippen molar-refractivity contribution < 1.29 is 4.79 Å². The van der Waals surface area contributed by atoms with Crippen LogP contribution in [0.4, 0.5) is 0 Å². The summed E-state index contributed by atoms with van der Waals surface area (Å²) in [4.78, 5) is 18.7. The first-order chi connectivity index (χ1) is 8.68. The SMILES string of the molecule is CN(C)C(=O)CCCn1ccnc1-c1cccs1. The van der Waals surface area contributed by atoms with E-state index in [1.807, 2.05) is 23.8 Å². The molecule has 5 heteroatoms. The lowest BCUT2D eigenvalue weighted by Gasteiger charge is -2.10. The minimum Gasteiger partial charge on any atom is -0.349 e.